The number of hydrogen-bond donors (Lipinski definition) is 3. The van der Waals surface area contributed by atoms with Crippen LogP contribution < -0.4 is 5.32 Å². The zero-order valence-corrected chi connectivity index (χ0v) is 50.5. The van der Waals surface area contributed by atoms with E-state index in [1.807, 2.05) is 0 Å². The fourth-order valence-corrected chi connectivity index (χ4v) is 9.83. The largest absolute Gasteiger partial charge is 0.394 e. The molecule has 0 saturated heterocycles. The number of allylic oxidation sites excluding steroid dienone is 18. The molecule has 0 saturated carbocycles. The van der Waals surface area contributed by atoms with Crippen LogP contribution in [0.2, 0.25) is 0 Å². The van der Waals surface area contributed by atoms with Crippen LogP contribution in [0, 0.1) is 0 Å². The fraction of sp³-hybridized carbons (Fsp3) is 0.736. The smallest absolute Gasteiger partial charge is 0.220 e. The van der Waals surface area contributed by atoms with Crippen molar-refractivity contribution in [3.8, 4) is 0 Å². The maximum Gasteiger partial charge on any atom is 0.220 e. The molecule has 0 spiro atoms. The molecule has 0 radical (unpaired) electrons. The van der Waals surface area contributed by atoms with Gasteiger partial charge in [-0.1, -0.05) is 342 Å². The number of rotatable bonds is 60. The molecular weight excluding hydrogens is 927 g/mol. The minimum Gasteiger partial charge on any atom is -0.394 e. The standard InChI is InChI=1S/C72H127NO3/c1-3-5-7-9-11-13-15-17-19-21-23-25-27-29-31-33-35-36-38-39-41-43-45-47-49-51-53-55-57-59-61-63-65-67-71(75)70(69-74)73-72(76)68-66-64-62-60-58-56-54-52-50-48-46-44-42-40-37-34-32-30-28-26-24-22-20-18-16-14-12-10-8-6-4-2/h6,8,12,14,18,20,24,26,30,32,37,40,44,46,50,52,56,58,70-71,74-75H,3-5,7,9-11,13,15-17,19,21-23,25,27-29,31,33-36,38-39,41-43,45,47-49,51,53-55,57,59-69H2,1-2H3,(H,73,76)/b8-6-,14-12-,20-18-,26-24-,32-30-,40-37-,46-44-,52-50-,58-56-. The van der Waals surface area contributed by atoms with Crippen molar-refractivity contribution in [3.63, 3.8) is 0 Å². The maximum absolute atomic E-state index is 12.5. The first-order chi connectivity index (χ1) is 37.7. The predicted octanol–water partition coefficient (Wildman–Crippen LogP) is 22.6. The lowest BCUT2D eigenvalue weighted by Crippen LogP contribution is -2.45. The third kappa shape index (κ3) is 61.9. The van der Waals surface area contributed by atoms with Gasteiger partial charge < -0.3 is 15.5 Å². The van der Waals surface area contributed by atoms with E-state index in [-0.39, 0.29) is 12.5 Å². The van der Waals surface area contributed by atoms with Crippen molar-refractivity contribution >= 4 is 5.91 Å². The summed E-state index contributed by atoms with van der Waals surface area (Å²) in [7, 11) is 0. The molecule has 4 nitrogen and oxygen atoms in total. The van der Waals surface area contributed by atoms with Gasteiger partial charge >= 0.3 is 0 Å². The molecule has 0 aliphatic heterocycles. The Hall–Kier alpha value is -2.95. The van der Waals surface area contributed by atoms with E-state index in [0.717, 1.165) is 96.3 Å². The first kappa shape index (κ1) is 73.0. The molecule has 76 heavy (non-hydrogen) atoms. The Balaban J connectivity index is 3.54. The highest BCUT2D eigenvalue weighted by Crippen LogP contribution is 2.18. The van der Waals surface area contributed by atoms with E-state index < -0.39 is 12.1 Å². The first-order valence-electron chi connectivity index (χ1n) is 33.1. The van der Waals surface area contributed by atoms with Crippen molar-refractivity contribution in [1.29, 1.82) is 0 Å². The van der Waals surface area contributed by atoms with E-state index >= 15 is 0 Å². The second kappa shape index (κ2) is 66.3. The van der Waals surface area contributed by atoms with Crippen LogP contribution in [0.15, 0.2) is 109 Å². The molecule has 0 aromatic rings. The molecule has 1 amide bonds. The molecule has 0 bridgehead atoms. The van der Waals surface area contributed by atoms with E-state index in [4.69, 9.17) is 0 Å². The van der Waals surface area contributed by atoms with Gasteiger partial charge in [0.2, 0.25) is 5.91 Å². The molecule has 4 heteroatoms. The number of carbonyl (C=O) groups is 1. The van der Waals surface area contributed by atoms with Crippen molar-refractivity contribution in [3.05, 3.63) is 109 Å². The molecule has 2 unspecified atom stereocenters. The van der Waals surface area contributed by atoms with Crippen LogP contribution in [0.5, 0.6) is 0 Å². The van der Waals surface area contributed by atoms with E-state index in [9.17, 15) is 15.0 Å². The van der Waals surface area contributed by atoms with Gasteiger partial charge in [0.15, 0.2) is 0 Å². The number of aliphatic hydroxyl groups excluding tert-OH is 2. The van der Waals surface area contributed by atoms with E-state index in [2.05, 4.69) is 129 Å². The minimum absolute atomic E-state index is 0.0635. The van der Waals surface area contributed by atoms with E-state index in [0.29, 0.717) is 12.8 Å². The van der Waals surface area contributed by atoms with E-state index in [1.54, 1.807) is 0 Å². The number of nitrogens with one attached hydrogen (secondary N) is 1. The average molecular weight is 1050 g/mol. The number of amides is 1. The maximum atomic E-state index is 12.5. The van der Waals surface area contributed by atoms with Gasteiger partial charge in [-0.15, -0.1) is 0 Å². The molecule has 0 fully saturated rings. The average Bonchev–Trinajstić information content (AvgIpc) is 3.42. The lowest BCUT2D eigenvalue weighted by molar-refractivity contribution is -0.123. The summed E-state index contributed by atoms with van der Waals surface area (Å²) in [6, 6.07) is -0.565. The van der Waals surface area contributed by atoms with Gasteiger partial charge in [-0.2, -0.15) is 0 Å². The van der Waals surface area contributed by atoms with Crippen molar-refractivity contribution < 1.29 is 15.0 Å². The fourth-order valence-electron chi connectivity index (χ4n) is 9.83. The van der Waals surface area contributed by atoms with Crippen molar-refractivity contribution in [2.24, 2.45) is 0 Å². The molecule has 0 aliphatic carbocycles. The zero-order valence-electron chi connectivity index (χ0n) is 50.5. The summed E-state index contributed by atoms with van der Waals surface area (Å²) in [5.41, 5.74) is 0. The molecule has 438 valence electrons. The summed E-state index contributed by atoms with van der Waals surface area (Å²) in [5, 5.41) is 23.4. The SMILES string of the molecule is CC/C=C\C/C=C\C/C=C\C/C=C\C/C=C\C/C=C\C/C=C\C/C=C\C/C=C\CCCCCC(=O)NC(CO)C(O)CCCCCCCCCCCCCCCCCCCCCCCCCCCCCCCCCCC. The van der Waals surface area contributed by atoms with Gasteiger partial charge in [0.05, 0.1) is 18.8 Å². The lowest BCUT2D eigenvalue weighted by atomic mass is 10.0. The number of hydrogen-bond acceptors (Lipinski definition) is 3. The quantitative estimate of drug-likeness (QED) is 0.0420. The van der Waals surface area contributed by atoms with Crippen LogP contribution in [0.4, 0.5) is 0 Å². The Morgan fingerprint density at radius 3 is 0.855 bits per heavy atom. The number of unbranched alkanes of at least 4 members (excludes halogenated alkanes) is 35. The van der Waals surface area contributed by atoms with Crippen LogP contribution in [0.1, 0.15) is 322 Å². The second-order valence-corrected chi connectivity index (χ2v) is 22.2. The topological polar surface area (TPSA) is 69.6 Å². The Morgan fingerprint density at radius 1 is 0.329 bits per heavy atom. The van der Waals surface area contributed by atoms with Crippen LogP contribution in [0.25, 0.3) is 0 Å². The number of aliphatic hydroxyl groups is 2. The lowest BCUT2D eigenvalue weighted by Gasteiger charge is -2.22. The first-order valence-corrected chi connectivity index (χ1v) is 33.1. The highest BCUT2D eigenvalue weighted by molar-refractivity contribution is 5.76. The van der Waals surface area contributed by atoms with Crippen LogP contribution in [-0.2, 0) is 4.79 Å². The van der Waals surface area contributed by atoms with Gasteiger partial charge in [0.25, 0.3) is 0 Å². The highest BCUT2D eigenvalue weighted by atomic mass is 16.3. The highest BCUT2D eigenvalue weighted by Gasteiger charge is 2.20. The molecular formula is C72H127NO3. The summed E-state index contributed by atoms with van der Waals surface area (Å²) in [6.45, 7) is 4.25. The van der Waals surface area contributed by atoms with Gasteiger partial charge in [-0.05, 0) is 83.5 Å². The normalized spacial score (nSPS) is 13.5. The monoisotopic (exact) mass is 1050 g/mol. The molecule has 3 N–H and O–H groups in total. The number of carbonyl (C=O) groups excluding carboxylic acids is 1. The summed E-state index contributed by atoms with van der Waals surface area (Å²) in [6.07, 6.45) is 99.8. The summed E-state index contributed by atoms with van der Waals surface area (Å²) < 4.78 is 0. The molecule has 0 aromatic carbocycles. The third-order valence-corrected chi connectivity index (χ3v) is 14.8. The van der Waals surface area contributed by atoms with Crippen LogP contribution in [0.3, 0.4) is 0 Å². The summed E-state index contributed by atoms with van der Waals surface area (Å²) >= 11 is 0. The Bertz CT molecular complexity index is 1430. The molecule has 0 aromatic heterocycles. The molecule has 2 atom stereocenters. The summed E-state index contributed by atoms with van der Waals surface area (Å²) in [4.78, 5) is 12.5. The van der Waals surface area contributed by atoms with Gasteiger partial charge in [0.1, 0.15) is 0 Å². The molecule has 0 aliphatic rings. The third-order valence-electron chi connectivity index (χ3n) is 14.8. The van der Waals surface area contributed by atoms with Gasteiger partial charge in [-0.3, -0.25) is 4.79 Å². The summed E-state index contributed by atoms with van der Waals surface area (Å²) in [5.74, 6) is -0.0635. The van der Waals surface area contributed by atoms with Crippen molar-refractivity contribution in [1.82, 2.24) is 5.32 Å². The van der Waals surface area contributed by atoms with Crippen molar-refractivity contribution in [2.75, 3.05) is 6.61 Å². The predicted molar refractivity (Wildman–Crippen MR) is 340 cm³/mol. The Kier molecular flexibility index (Phi) is 63.8. The molecule has 0 rings (SSSR count). The second-order valence-electron chi connectivity index (χ2n) is 22.2. The van der Waals surface area contributed by atoms with Crippen molar-refractivity contribution in [2.45, 2.75) is 334 Å². The molecule has 0 heterocycles. The van der Waals surface area contributed by atoms with Gasteiger partial charge in [0, 0.05) is 6.42 Å². The Morgan fingerprint density at radius 2 is 0.579 bits per heavy atom. The van der Waals surface area contributed by atoms with Gasteiger partial charge in [-0.25, -0.2) is 0 Å². The minimum atomic E-state index is -0.684. The van der Waals surface area contributed by atoms with Crippen LogP contribution >= 0.6 is 0 Å². The van der Waals surface area contributed by atoms with E-state index in [1.165, 1.54) is 199 Å². The zero-order chi connectivity index (χ0) is 54.8. The van der Waals surface area contributed by atoms with Crippen LogP contribution in [-0.4, -0.2) is 34.9 Å². The Labute approximate surface area is 474 Å².